The smallest absolute Gasteiger partial charge is 0.123 e. The van der Waals surface area contributed by atoms with Crippen LogP contribution in [0.15, 0.2) is 24.3 Å². The lowest BCUT2D eigenvalue weighted by Gasteiger charge is -2.24. The first-order valence-corrected chi connectivity index (χ1v) is 6.42. The summed E-state index contributed by atoms with van der Waals surface area (Å²) in [6, 6.07) is 7.81. The van der Waals surface area contributed by atoms with E-state index in [1.54, 1.807) is 7.11 Å². The molecule has 3 nitrogen and oxygen atoms in total. The maximum atomic E-state index is 11.9. The molecule has 1 N–H and O–H groups in total. The van der Waals surface area contributed by atoms with E-state index in [1.165, 1.54) is 0 Å². The Labute approximate surface area is 92.3 Å². The molecule has 15 heavy (non-hydrogen) atoms. The predicted molar refractivity (Wildman–Crippen MR) is 61.6 cm³/mol. The van der Waals surface area contributed by atoms with Crippen LogP contribution in [0.4, 0.5) is 0 Å². The molecule has 1 aliphatic heterocycles. The standard InChI is InChI=1S/C11H15NO2S/c1-14-10-5-3-2-4-9(10)11-8-12-6-7-15(11)13/h2-5,11-12H,6-8H2,1H3. The highest BCUT2D eigenvalue weighted by atomic mass is 32.2. The van der Waals surface area contributed by atoms with Gasteiger partial charge >= 0.3 is 0 Å². The van der Waals surface area contributed by atoms with Crippen LogP contribution in [0.2, 0.25) is 0 Å². The first kappa shape index (κ1) is 10.6. The van der Waals surface area contributed by atoms with Gasteiger partial charge in [0.05, 0.1) is 12.4 Å². The van der Waals surface area contributed by atoms with Crippen molar-refractivity contribution in [3.05, 3.63) is 29.8 Å². The number of methoxy groups -OCH3 is 1. The molecule has 82 valence electrons. The predicted octanol–water partition coefficient (Wildman–Crippen LogP) is 1.09. The maximum absolute atomic E-state index is 11.9. The minimum absolute atomic E-state index is 0.0647. The fourth-order valence-electron chi connectivity index (χ4n) is 1.83. The Hall–Kier alpha value is -0.870. The van der Waals surface area contributed by atoms with Crippen molar-refractivity contribution in [3.8, 4) is 5.75 Å². The molecule has 2 rings (SSSR count). The second kappa shape index (κ2) is 4.77. The van der Waals surface area contributed by atoms with E-state index in [1.807, 2.05) is 24.3 Å². The molecule has 2 atom stereocenters. The minimum Gasteiger partial charge on any atom is -0.496 e. The van der Waals surface area contributed by atoms with Crippen LogP contribution in [-0.2, 0) is 10.8 Å². The molecule has 0 spiro atoms. The van der Waals surface area contributed by atoms with Crippen LogP contribution < -0.4 is 10.1 Å². The lowest BCUT2D eigenvalue weighted by atomic mass is 10.1. The normalized spacial score (nSPS) is 26.2. The van der Waals surface area contributed by atoms with Crippen molar-refractivity contribution in [1.82, 2.24) is 5.32 Å². The summed E-state index contributed by atoms with van der Waals surface area (Å²) in [4.78, 5) is 0. The van der Waals surface area contributed by atoms with Crippen molar-refractivity contribution >= 4 is 10.8 Å². The second-order valence-corrected chi connectivity index (χ2v) is 5.26. The zero-order valence-corrected chi connectivity index (χ0v) is 9.55. The summed E-state index contributed by atoms with van der Waals surface area (Å²) in [5.74, 6) is 1.56. The van der Waals surface area contributed by atoms with Gasteiger partial charge in [-0.3, -0.25) is 4.21 Å². The fraction of sp³-hybridized carbons (Fsp3) is 0.455. The van der Waals surface area contributed by atoms with E-state index in [4.69, 9.17) is 4.74 Å². The quantitative estimate of drug-likeness (QED) is 0.818. The van der Waals surface area contributed by atoms with Crippen LogP contribution in [-0.4, -0.2) is 30.2 Å². The third-order valence-electron chi connectivity index (χ3n) is 2.61. The number of benzene rings is 1. The first-order valence-electron chi connectivity index (χ1n) is 5.03. The average Bonchev–Trinajstić information content (AvgIpc) is 2.30. The Morgan fingerprint density at radius 1 is 1.47 bits per heavy atom. The number of rotatable bonds is 2. The summed E-state index contributed by atoms with van der Waals surface area (Å²) in [6.07, 6.45) is 0. The van der Waals surface area contributed by atoms with Gasteiger partial charge in [0.25, 0.3) is 0 Å². The number of ether oxygens (including phenoxy) is 1. The Bertz CT molecular complexity index is 367. The summed E-state index contributed by atoms with van der Waals surface area (Å²) in [6.45, 7) is 1.62. The molecule has 4 heteroatoms. The number of nitrogens with one attached hydrogen (secondary N) is 1. The van der Waals surface area contributed by atoms with Crippen molar-refractivity contribution in [3.63, 3.8) is 0 Å². The molecule has 0 aromatic heterocycles. The van der Waals surface area contributed by atoms with Crippen LogP contribution in [0.3, 0.4) is 0 Å². The fourth-order valence-corrected chi connectivity index (χ4v) is 3.24. The molecule has 0 amide bonds. The van der Waals surface area contributed by atoms with Crippen molar-refractivity contribution < 1.29 is 8.95 Å². The molecular formula is C11H15NO2S. The number of hydrogen-bond acceptors (Lipinski definition) is 3. The third kappa shape index (κ3) is 2.21. The number of para-hydroxylation sites is 1. The van der Waals surface area contributed by atoms with Gasteiger partial charge < -0.3 is 10.1 Å². The molecule has 1 aromatic rings. The van der Waals surface area contributed by atoms with Crippen LogP contribution in [0.25, 0.3) is 0 Å². The van der Waals surface area contributed by atoms with Crippen molar-refractivity contribution in [2.45, 2.75) is 5.25 Å². The molecule has 0 radical (unpaired) electrons. The summed E-state index contributed by atoms with van der Waals surface area (Å²) in [5.41, 5.74) is 1.05. The van der Waals surface area contributed by atoms with Crippen LogP contribution in [0.5, 0.6) is 5.75 Å². The van der Waals surface area contributed by atoms with Gasteiger partial charge in [-0.2, -0.15) is 0 Å². The molecule has 0 aliphatic carbocycles. The van der Waals surface area contributed by atoms with Gasteiger partial charge in [0.2, 0.25) is 0 Å². The van der Waals surface area contributed by atoms with Gasteiger partial charge in [-0.05, 0) is 6.07 Å². The van der Waals surface area contributed by atoms with Crippen molar-refractivity contribution in [1.29, 1.82) is 0 Å². The molecular weight excluding hydrogens is 210 g/mol. The van der Waals surface area contributed by atoms with Gasteiger partial charge in [-0.15, -0.1) is 0 Å². The van der Waals surface area contributed by atoms with E-state index >= 15 is 0 Å². The maximum Gasteiger partial charge on any atom is 0.123 e. The van der Waals surface area contributed by atoms with Crippen LogP contribution in [0, 0.1) is 0 Å². The molecule has 1 heterocycles. The van der Waals surface area contributed by atoms with E-state index in [0.717, 1.165) is 30.2 Å². The largest absolute Gasteiger partial charge is 0.496 e. The molecule has 0 bridgehead atoms. The second-order valence-electron chi connectivity index (χ2n) is 3.52. The molecule has 0 saturated carbocycles. The highest BCUT2D eigenvalue weighted by Gasteiger charge is 2.24. The van der Waals surface area contributed by atoms with Crippen molar-refractivity contribution in [2.24, 2.45) is 0 Å². The third-order valence-corrected chi connectivity index (χ3v) is 4.27. The van der Waals surface area contributed by atoms with Gasteiger partial charge in [-0.25, -0.2) is 0 Å². The average molecular weight is 225 g/mol. The van der Waals surface area contributed by atoms with Crippen LogP contribution >= 0.6 is 0 Å². The molecule has 1 aliphatic rings. The first-order chi connectivity index (χ1) is 7.33. The van der Waals surface area contributed by atoms with Crippen LogP contribution in [0.1, 0.15) is 10.8 Å². The summed E-state index contributed by atoms with van der Waals surface area (Å²) >= 11 is 0. The van der Waals surface area contributed by atoms with E-state index in [-0.39, 0.29) is 5.25 Å². The summed E-state index contributed by atoms with van der Waals surface area (Å²) in [5, 5.41) is 3.33. The van der Waals surface area contributed by atoms with Gasteiger partial charge in [0, 0.05) is 35.2 Å². The topological polar surface area (TPSA) is 38.3 Å². The zero-order valence-electron chi connectivity index (χ0n) is 8.73. The lowest BCUT2D eigenvalue weighted by Crippen LogP contribution is -2.35. The van der Waals surface area contributed by atoms with E-state index in [9.17, 15) is 4.21 Å². The Kier molecular flexibility index (Phi) is 3.38. The van der Waals surface area contributed by atoms with E-state index in [2.05, 4.69) is 5.32 Å². The minimum atomic E-state index is -0.783. The highest BCUT2D eigenvalue weighted by molar-refractivity contribution is 7.85. The monoisotopic (exact) mass is 225 g/mol. The van der Waals surface area contributed by atoms with Crippen molar-refractivity contribution in [2.75, 3.05) is 26.0 Å². The summed E-state index contributed by atoms with van der Waals surface area (Å²) in [7, 11) is 0.867. The SMILES string of the molecule is COc1ccccc1C1CNCCS1=O. The molecule has 1 aromatic carbocycles. The molecule has 2 unspecified atom stereocenters. The highest BCUT2D eigenvalue weighted by Crippen LogP contribution is 2.29. The van der Waals surface area contributed by atoms with Gasteiger partial charge in [0.15, 0.2) is 0 Å². The Morgan fingerprint density at radius 3 is 3.00 bits per heavy atom. The Morgan fingerprint density at radius 2 is 2.27 bits per heavy atom. The van der Waals surface area contributed by atoms with Gasteiger partial charge in [0.1, 0.15) is 5.75 Å². The summed E-state index contributed by atoms with van der Waals surface area (Å²) < 4.78 is 17.2. The zero-order chi connectivity index (χ0) is 10.7. The molecule has 1 saturated heterocycles. The molecule has 1 fully saturated rings. The van der Waals surface area contributed by atoms with Gasteiger partial charge in [-0.1, -0.05) is 18.2 Å². The number of hydrogen-bond donors (Lipinski definition) is 1. The Balaban J connectivity index is 2.30. The van der Waals surface area contributed by atoms with E-state index in [0.29, 0.717) is 0 Å². The lowest BCUT2D eigenvalue weighted by molar-refractivity contribution is 0.408. The van der Waals surface area contributed by atoms with E-state index < -0.39 is 10.8 Å².